The lowest BCUT2D eigenvalue weighted by molar-refractivity contribution is -0.156. The fraction of sp³-hybridized carbons (Fsp3) is 0.600. The molecule has 9 heteroatoms. The normalized spacial score (nSPS) is 32.8. The number of aliphatic carboxylic acids is 1. The summed E-state index contributed by atoms with van der Waals surface area (Å²) in [4.78, 5) is 29.7. The third-order valence-electron chi connectivity index (χ3n) is 4.82. The second-order valence-electron chi connectivity index (χ2n) is 6.54. The van der Waals surface area contributed by atoms with E-state index in [4.69, 9.17) is 0 Å². The van der Waals surface area contributed by atoms with Crippen LogP contribution in [0.1, 0.15) is 13.3 Å². The summed E-state index contributed by atoms with van der Waals surface area (Å²) in [6.07, 6.45) is 2.32. The molecule has 0 aromatic heterocycles. The minimum Gasteiger partial charge on any atom is -0.477 e. The number of nitrogens with zero attached hydrogens (tertiary/aromatic N) is 3. The summed E-state index contributed by atoms with van der Waals surface area (Å²) in [5.41, 5.74) is 1.32. The number of rotatable bonds is 4. The summed E-state index contributed by atoms with van der Waals surface area (Å²) in [5, 5.41) is 19.3. The number of aliphatic hydroxyl groups is 1. The Kier molecular flexibility index (Phi) is 3.77. The molecule has 0 radical (unpaired) electrons. The van der Waals surface area contributed by atoms with Crippen LogP contribution in [0.2, 0.25) is 0 Å². The van der Waals surface area contributed by atoms with Crippen molar-refractivity contribution < 1.29 is 19.8 Å². The largest absolute Gasteiger partial charge is 0.477 e. The lowest BCUT2D eigenvalue weighted by Crippen LogP contribution is -2.60. The first-order chi connectivity index (χ1) is 11.4. The predicted octanol–water partition coefficient (Wildman–Crippen LogP) is 0.704. The molecule has 1 amide bonds. The first-order valence-corrected chi connectivity index (χ1v) is 9.63. The first kappa shape index (κ1) is 16.2. The number of hydrogen-bond donors (Lipinski definition) is 2. The second-order valence-corrected chi connectivity index (χ2v) is 9.13. The molecule has 0 bridgehead atoms. The molecule has 24 heavy (non-hydrogen) atoms. The number of carboxylic acid groups (broad SMARTS) is 1. The molecule has 4 aliphatic rings. The number of carbonyl (C=O) groups excluding carboxylic acids is 1. The van der Waals surface area contributed by atoms with E-state index in [9.17, 15) is 19.8 Å². The van der Waals surface area contributed by atoms with Crippen LogP contribution in [0.4, 0.5) is 0 Å². The lowest BCUT2D eigenvalue weighted by atomic mass is 9.92. The maximum atomic E-state index is 12.2. The highest BCUT2D eigenvalue weighted by Crippen LogP contribution is 2.56. The molecule has 2 N–H and O–H groups in total. The van der Waals surface area contributed by atoms with Gasteiger partial charge < -0.3 is 20.0 Å². The number of fused-ring (bicyclic) bond motifs is 2. The van der Waals surface area contributed by atoms with Gasteiger partial charge in [-0.05, 0) is 13.3 Å². The van der Waals surface area contributed by atoms with E-state index in [1.54, 1.807) is 18.7 Å². The Morgan fingerprint density at radius 1 is 1.50 bits per heavy atom. The van der Waals surface area contributed by atoms with Crippen molar-refractivity contribution in [3.05, 3.63) is 21.8 Å². The number of carbonyl (C=O) groups is 2. The Hall–Kier alpha value is -1.32. The molecule has 4 atom stereocenters. The SMILES string of the molecule is C[C@@H](O)[C@H]1C(=O)N2C(C(=O)O)=C(SC3CCN4CN(C)C=C34)S[C@H]12. The monoisotopic (exact) mass is 369 g/mol. The third kappa shape index (κ3) is 2.25. The molecule has 4 heterocycles. The van der Waals surface area contributed by atoms with Gasteiger partial charge in [-0.2, -0.15) is 0 Å². The van der Waals surface area contributed by atoms with Crippen molar-refractivity contribution in [1.82, 2.24) is 14.7 Å². The van der Waals surface area contributed by atoms with Gasteiger partial charge in [0.25, 0.3) is 0 Å². The molecule has 0 saturated carbocycles. The van der Waals surface area contributed by atoms with Gasteiger partial charge in [-0.15, -0.1) is 11.8 Å². The lowest BCUT2D eigenvalue weighted by Gasteiger charge is -2.43. The molecular formula is C15H19N3O4S2. The Morgan fingerprint density at radius 3 is 2.92 bits per heavy atom. The van der Waals surface area contributed by atoms with Crippen molar-refractivity contribution in [3.63, 3.8) is 0 Å². The topological polar surface area (TPSA) is 84.3 Å². The molecule has 1 unspecified atom stereocenters. The van der Waals surface area contributed by atoms with Crippen molar-refractivity contribution in [2.75, 3.05) is 20.3 Å². The number of carboxylic acids is 1. The van der Waals surface area contributed by atoms with Crippen LogP contribution in [-0.4, -0.2) is 73.8 Å². The average molecular weight is 369 g/mol. The van der Waals surface area contributed by atoms with Crippen LogP contribution in [-0.2, 0) is 9.59 Å². The molecule has 0 spiro atoms. The standard InChI is InChI=1S/C15H19N3O4S2/c1-7(19)10-12(20)18-11(14(21)22)15(24-13(10)18)23-9-3-4-17-6-16(2)5-8(9)17/h5,7,9-10,13,19H,3-4,6H2,1-2H3,(H,21,22)/t7-,9?,10+,13-/m1/s1. The molecule has 2 fully saturated rings. The second kappa shape index (κ2) is 5.60. The maximum Gasteiger partial charge on any atom is 0.354 e. The van der Waals surface area contributed by atoms with Crippen LogP contribution >= 0.6 is 23.5 Å². The number of β-lactam (4-membered cyclic amide) rings is 1. The molecular weight excluding hydrogens is 350 g/mol. The fourth-order valence-corrected chi connectivity index (χ4v) is 6.99. The van der Waals surface area contributed by atoms with E-state index in [-0.39, 0.29) is 22.2 Å². The highest BCUT2D eigenvalue weighted by Gasteiger charge is 2.58. The molecule has 2 saturated heterocycles. The Morgan fingerprint density at radius 2 is 2.25 bits per heavy atom. The Balaban J connectivity index is 1.58. The quantitative estimate of drug-likeness (QED) is 0.701. The van der Waals surface area contributed by atoms with E-state index < -0.39 is 18.0 Å². The van der Waals surface area contributed by atoms with Gasteiger partial charge in [-0.25, -0.2) is 4.79 Å². The molecule has 0 aromatic rings. The van der Waals surface area contributed by atoms with Crippen LogP contribution in [0, 0.1) is 5.92 Å². The number of thioether (sulfide) groups is 2. The van der Waals surface area contributed by atoms with Crippen LogP contribution in [0.15, 0.2) is 21.8 Å². The van der Waals surface area contributed by atoms with Crippen molar-refractivity contribution in [3.8, 4) is 0 Å². The zero-order valence-corrected chi connectivity index (χ0v) is 15.0. The summed E-state index contributed by atoms with van der Waals surface area (Å²) >= 11 is 2.95. The van der Waals surface area contributed by atoms with Gasteiger partial charge in [0.05, 0.1) is 28.2 Å². The van der Waals surface area contributed by atoms with Gasteiger partial charge in [0.1, 0.15) is 5.37 Å². The van der Waals surface area contributed by atoms with Gasteiger partial charge in [0, 0.05) is 25.5 Å². The van der Waals surface area contributed by atoms with Crippen molar-refractivity contribution in [1.29, 1.82) is 0 Å². The van der Waals surface area contributed by atoms with Gasteiger partial charge in [0.15, 0.2) is 5.70 Å². The Bertz CT molecular complexity index is 678. The summed E-state index contributed by atoms with van der Waals surface area (Å²) < 4.78 is 0.686. The third-order valence-corrected chi connectivity index (χ3v) is 7.72. The van der Waals surface area contributed by atoms with Gasteiger partial charge in [-0.1, -0.05) is 11.8 Å². The summed E-state index contributed by atoms with van der Waals surface area (Å²) in [5.74, 6) is -1.88. The van der Waals surface area contributed by atoms with Crippen LogP contribution in [0.5, 0.6) is 0 Å². The van der Waals surface area contributed by atoms with E-state index in [1.807, 2.05) is 7.05 Å². The molecule has 0 aliphatic carbocycles. The van der Waals surface area contributed by atoms with Crippen LogP contribution < -0.4 is 0 Å². The highest BCUT2D eigenvalue weighted by molar-refractivity contribution is 8.23. The summed E-state index contributed by atoms with van der Waals surface area (Å²) in [6, 6.07) is 0. The van der Waals surface area contributed by atoms with Crippen molar-refractivity contribution in [2.45, 2.75) is 30.1 Å². The molecule has 130 valence electrons. The smallest absolute Gasteiger partial charge is 0.354 e. The van der Waals surface area contributed by atoms with Gasteiger partial charge in [-0.3, -0.25) is 9.69 Å². The molecule has 4 rings (SSSR count). The predicted molar refractivity (Wildman–Crippen MR) is 91.5 cm³/mol. The summed E-state index contributed by atoms with van der Waals surface area (Å²) in [7, 11) is 2.02. The van der Waals surface area contributed by atoms with Crippen LogP contribution in [0.25, 0.3) is 0 Å². The van der Waals surface area contributed by atoms with E-state index in [0.717, 1.165) is 19.6 Å². The van der Waals surface area contributed by atoms with E-state index in [0.29, 0.717) is 4.24 Å². The number of amides is 1. The molecule has 0 aromatic carbocycles. The van der Waals surface area contributed by atoms with E-state index >= 15 is 0 Å². The minimum absolute atomic E-state index is 0.0855. The van der Waals surface area contributed by atoms with Gasteiger partial charge >= 0.3 is 5.97 Å². The zero-order valence-electron chi connectivity index (χ0n) is 13.4. The molecule has 4 aliphatic heterocycles. The average Bonchev–Trinajstić information content (AvgIpc) is 3.11. The summed E-state index contributed by atoms with van der Waals surface area (Å²) in [6.45, 7) is 3.43. The zero-order chi connectivity index (χ0) is 17.2. The van der Waals surface area contributed by atoms with Crippen molar-refractivity contribution >= 4 is 35.4 Å². The van der Waals surface area contributed by atoms with E-state index in [1.165, 1.54) is 22.4 Å². The highest BCUT2D eigenvalue weighted by atomic mass is 32.2. The molecule has 7 nitrogen and oxygen atoms in total. The number of aliphatic hydroxyl groups excluding tert-OH is 1. The maximum absolute atomic E-state index is 12.2. The Labute approximate surface area is 148 Å². The first-order valence-electron chi connectivity index (χ1n) is 7.87. The number of hydrogen-bond acceptors (Lipinski definition) is 7. The van der Waals surface area contributed by atoms with Crippen LogP contribution in [0.3, 0.4) is 0 Å². The van der Waals surface area contributed by atoms with Gasteiger partial charge in [0.2, 0.25) is 5.91 Å². The van der Waals surface area contributed by atoms with Crippen molar-refractivity contribution in [2.24, 2.45) is 5.92 Å². The van der Waals surface area contributed by atoms with E-state index in [2.05, 4.69) is 16.0 Å². The minimum atomic E-state index is -1.07. The fourth-order valence-electron chi connectivity index (χ4n) is 3.69.